The molecule has 4 heteroatoms. The molecule has 0 aromatic heterocycles. The van der Waals surface area contributed by atoms with Gasteiger partial charge < -0.3 is 5.73 Å². The van der Waals surface area contributed by atoms with Crippen LogP contribution in [-0.4, -0.2) is 20.2 Å². The molecule has 2 N–H and O–H groups in total. The Balaban J connectivity index is 2.89. The normalized spacial score (nSPS) is 33.4. The molecule has 0 aromatic rings. The molecular formula is C4H7NO2S. The maximum Gasteiger partial charge on any atom is 0.173 e. The number of nitrogens with two attached hydrogens (primary N) is 1. The highest BCUT2D eigenvalue weighted by Gasteiger charge is 2.16. The maximum atomic E-state index is 10.5. The number of sulfone groups is 1. The van der Waals surface area contributed by atoms with Crippen molar-refractivity contribution in [2.75, 3.05) is 5.75 Å². The minimum absolute atomic E-state index is 0.0764. The van der Waals surface area contributed by atoms with Crippen LogP contribution in [0.3, 0.4) is 0 Å². The van der Waals surface area contributed by atoms with E-state index in [-0.39, 0.29) is 11.8 Å². The second kappa shape index (κ2) is 1.56. The average molecular weight is 133 g/mol. The van der Waals surface area contributed by atoms with Crippen molar-refractivity contribution in [1.29, 1.82) is 0 Å². The molecule has 0 spiro atoms. The van der Waals surface area contributed by atoms with Gasteiger partial charge in [0.25, 0.3) is 0 Å². The minimum Gasteiger partial charge on any atom is -0.324 e. The predicted octanol–water partition coefficient (Wildman–Crippen LogP) is -0.744. The zero-order valence-corrected chi connectivity index (χ0v) is 5.06. The van der Waals surface area contributed by atoms with Crippen molar-refractivity contribution >= 4 is 9.84 Å². The highest BCUT2D eigenvalue weighted by molar-refractivity contribution is 7.94. The molecule has 1 aliphatic heterocycles. The van der Waals surface area contributed by atoms with E-state index in [2.05, 4.69) is 0 Å². The fraction of sp³-hybridized carbons (Fsp3) is 0.500. The summed E-state index contributed by atoms with van der Waals surface area (Å²) in [6.45, 7) is 0. The van der Waals surface area contributed by atoms with Crippen molar-refractivity contribution in [2.45, 2.75) is 6.04 Å². The van der Waals surface area contributed by atoms with E-state index in [9.17, 15) is 8.42 Å². The quantitative estimate of drug-likeness (QED) is 0.473. The van der Waals surface area contributed by atoms with Crippen LogP contribution in [0, 0.1) is 0 Å². The zero-order valence-electron chi connectivity index (χ0n) is 4.24. The number of hydrogen-bond donors (Lipinski definition) is 1. The van der Waals surface area contributed by atoms with Crippen LogP contribution in [0.2, 0.25) is 0 Å². The molecule has 0 aliphatic carbocycles. The second-order valence-electron chi connectivity index (χ2n) is 1.82. The van der Waals surface area contributed by atoms with Crippen LogP contribution in [0.1, 0.15) is 0 Å². The molecule has 1 aliphatic rings. The standard InChI is InChI=1S/C4H7NO2S/c5-4-1-2-8(6,7)3-4/h1-2,4H,3,5H2/t4-/m0/s1. The van der Waals surface area contributed by atoms with E-state index in [1.54, 1.807) is 0 Å². The van der Waals surface area contributed by atoms with E-state index >= 15 is 0 Å². The molecule has 0 saturated heterocycles. The highest BCUT2D eigenvalue weighted by atomic mass is 32.2. The van der Waals surface area contributed by atoms with E-state index in [0.717, 1.165) is 5.41 Å². The van der Waals surface area contributed by atoms with E-state index in [1.807, 2.05) is 0 Å². The second-order valence-corrected chi connectivity index (χ2v) is 3.75. The molecule has 0 unspecified atom stereocenters. The molecule has 0 aromatic carbocycles. The lowest BCUT2D eigenvalue weighted by atomic mass is 10.4. The number of hydrogen-bond acceptors (Lipinski definition) is 3. The van der Waals surface area contributed by atoms with E-state index in [1.165, 1.54) is 6.08 Å². The topological polar surface area (TPSA) is 60.2 Å². The Hall–Kier alpha value is -0.350. The van der Waals surface area contributed by atoms with Gasteiger partial charge in [0.05, 0.1) is 5.75 Å². The van der Waals surface area contributed by atoms with Gasteiger partial charge in [-0.05, 0) is 0 Å². The summed E-state index contributed by atoms with van der Waals surface area (Å²) >= 11 is 0. The third kappa shape index (κ3) is 1.08. The van der Waals surface area contributed by atoms with Gasteiger partial charge in [-0.2, -0.15) is 0 Å². The van der Waals surface area contributed by atoms with Crippen molar-refractivity contribution in [1.82, 2.24) is 0 Å². The van der Waals surface area contributed by atoms with E-state index in [0.29, 0.717) is 0 Å². The third-order valence-corrected chi connectivity index (χ3v) is 2.38. The molecule has 1 atom stereocenters. The minimum atomic E-state index is -2.90. The van der Waals surface area contributed by atoms with Crippen molar-refractivity contribution in [3.05, 3.63) is 11.5 Å². The molecule has 0 fully saturated rings. The molecule has 0 radical (unpaired) electrons. The third-order valence-electron chi connectivity index (χ3n) is 0.958. The van der Waals surface area contributed by atoms with Gasteiger partial charge >= 0.3 is 0 Å². The Morgan fingerprint density at radius 3 is 2.38 bits per heavy atom. The lowest BCUT2D eigenvalue weighted by molar-refractivity contribution is 0.604. The van der Waals surface area contributed by atoms with Gasteiger partial charge in [-0.25, -0.2) is 8.42 Å². The maximum absolute atomic E-state index is 10.5. The SMILES string of the molecule is N[C@H]1C=CS(=O)(=O)C1. The summed E-state index contributed by atoms with van der Waals surface area (Å²) in [6.07, 6.45) is 1.50. The van der Waals surface area contributed by atoms with Gasteiger partial charge in [0.15, 0.2) is 9.84 Å². The predicted molar refractivity (Wildman–Crippen MR) is 30.9 cm³/mol. The molecule has 0 bridgehead atoms. The Bertz CT molecular complexity index is 204. The molecule has 1 heterocycles. The lowest BCUT2D eigenvalue weighted by Gasteiger charge is -1.91. The molecule has 0 saturated carbocycles. The fourth-order valence-corrected chi connectivity index (χ4v) is 1.80. The summed E-state index contributed by atoms with van der Waals surface area (Å²) in [7, 11) is -2.90. The van der Waals surface area contributed by atoms with Crippen LogP contribution >= 0.6 is 0 Å². The molecule has 8 heavy (non-hydrogen) atoms. The first-order valence-electron chi connectivity index (χ1n) is 2.27. The Kier molecular flexibility index (Phi) is 1.13. The molecule has 1 rings (SSSR count). The first kappa shape index (κ1) is 5.78. The van der Waals surface area contributed by atoms with Crippen molar-refractivity contribution in [3.63, 3.8) is 0 Å². The van der Waals surface area contributed by atoms with Crippen LogP contribution in [0.15, 0.2) is 11.5 Å². The first-order valence-corrected chi connectivity index (χ1v) is 3.98. The summed E-state index contributed by atoms with van der Waals surface area (Å²) in [5, 5.41) is 1.16. The first-order chi connectivity index (χ1) is 3.60. The molecular weight excluding hydrogens is 126 g/mol. The molecule has 0 amide bonds. The number of rotatable bonds is 0. The van der Waals surface area contributed by atoms with E-state index < -0.39 is 9.84 Å². The van der Waals surface area contributed by atoms with Gasteiger partial charge in [0.2, 0.25) is 0 Å². The summed E-state index contributed by atoms with van der Waals surface area (Å²) in [6, 6.07) is -0.278. The summed E-state index contributed by atoms with van der Waals surface area (Å²) in [5.41, 5.74) is 5.24. The Morgan fingerprint density at radius 1 is 1.62 bits per heavy atom. The van der Waals surface area contributed by atoms with Crippen molar-refractivity contribution in [2.24, 2.45) is 5.73 Å². The highest BCUT2D eigenvalue weighted by Crippen LogP contribution is 2.04. The summed E-state index contributed by atoms with van der Waals surface area (Å²) in [5.74, 6) is 0.0764. The summed E-state index contributed by atoms with van der Waals surface area (Å²) in [4.78, 5) is 0. The Labute approximate surface area is 48.1 Å². The molecule has 46 valence electrons. The van der Waals surface area contributed by atoms with Gasteiger partial charge in [-0.3, -0.25) is 0 Å². The van der Waals surface area contributed by atoms with Crippen molar-refractivity contribution in [3.8, 4) is 0 Å². The van der Waals surface area contributed by atoms with Gasteiger partial charge in [-0.15, -0.1) is 0 Å². The summed E-state index contributed by atoms with van der Waals surface area (Å²) < 4.78 is 20.9. The average Bonchev–Trinajstić information content (AvgIpc) is 1.82. The van der Waals surface area contributed by atoms with Gasteiger partial charge in [-0.1, -0.05) is 6.08 Å². The van der Waals surface area contributed by atoms with Crippen LogP contribution in [0.5, 0.6) is 0 Å². The monoisotopic (exact) mass is 133 g/mol. The van der Waals surface area contributed by atoms with E-state index in [4.69, 9.17) is 5.73 Å². The van der Waals surface area contributed by atoms with Crippen LogP contribution < -0.4 is 5.73 Å². The lowest BCUT2D eigenvalue weighted by Crippen LogP contribution is -2.20. The largest absolute Gasteiger partial charge is 0.324 e. The smallest absolute Gasteiger partial charge is 0.173 e. The van der Waals surface area contributed by atoms with Gasteiger partial charge in [0.1, 0.15) is 0 Å². The zero-order chi connectivity index (χ0) is 6.20. The van der Waals surface area contributed by atoms with Crippen LogP contribution in [-0.2, 0) is 9.84 Å². The van der Waals surface area contributed by atoms with Gasteiger partial charge in [0, 0.05) is 11.4 Å². The van der Waals surface area contributed by atoms with Crippen molar-refractivity contribution < 1.29 is 8.42 Å². The van der Waals surface area contributed by atoms with Crippen LogP contribution in [0.4, 0.5) is 0 Å². The molecule has 3 nitrogen and oxygen atoms in total. The Morgan fingerprint density at radius 2 is 2.25 bits per heavy atom. The van der Waals surface area contributed by atoms with Crippen LogP contribution in [0.25, 0.3) is 0 Å². The fourth-order valence-electron chi connectivity index (χ4n) is 0.600.